The van der Waals surface area contributed by atoms with Crippen molar-refractivity contribution in [2.75, 3.05) is 23.8 Å². The molecule has 0 radical (unpaired) electrons. The molecule has 0 bridgehead atoms. The number of amides is 1. The second-order valence-corrected chi connectivity index (χ2v) is 4.89. The zero-order chi connectivity index (χ0) is 12.8. The van der Waals surface area contributed by atoms with Crippen LogP contribution >= 0.6 is 12.6 Å². The number of fused-ring (bicyclic) bond motifs is 1. The van der Waals surface area contributed by atoms with Crippen LogP contribution in [0.2, 0.25) is 0 Å². The van der Waals surface area contributed by atoms with Crippen molar-refractivity contribution < 1.29 is 9.53 Å². The van der Waals surface area contributed by atoms with Gasteiger partial charge in [-0.25, -0.2) is 0 Å². The number of benzene rings is 1. The summed E-state index contributed by atoms with van der Waals surface area (Å²) in [7, 11) is 0. The molecule has 18 heavy (non-hydrogen) atoms. The zero-order valence-corrected chi connectivity index (χ0v) is 11.4. The van der Waals surface area contributed by atoms with E-state index in [1.165, 1.54) is 6.42 Å². The van der Waals surface area contributed by atoms with Gasteiger partial charge in [0, 0.05) is 6.54 Å². The Hall–Kier alpha value is -1.16. The average Bonchev–Trinajstić information content (AvgIpc) is 2.41. The van der Waals surface area contributed by atoms with Crippen LogP contribution < -0.4 is 9.64 Å². The van der Waals surface area contributed by atoms with Crippen LogP contribution in [0.3, 0.4) is 0 Å². The molecule has 1 aromatic carbocycles. The standard InChI is InChI=1S/C14H19NO2S/c16-14-11-17-13-8-4-3-7-12(13)15(14)9-5-1-2-6-10-18/h3-4,7-8,18H,1-2,5-6,9-11H2. The fourth-order valence-corrected chi connectivity index (χ4v) is 2.36. The number of thiol groups is 1. The Bertz CT molecular complexity index is 409. The fraction of sp³-hybridized carbons (Fsp3) is 0.500. The van der Waals surface area contributed by atoms with Crippen molar-refractivity contribution in [3.8, 4) is 5.75 Å². The number of nitrogens with zero attached hydrogens (tertiary/aromatic N) is 1. The van der Waals surface area contributed by atoms with Crippen LogP contribution in [0.25, 0.3) is 0 Å². The summed E-state index contributed by atoms with van der Waals surface area (Å²) in [5, 5.41) is 0. The molecule has 0 N–H and O–H groups in total. The Labute approximate surface area is 114 Å². The Balaban J connectivity index is 1.93. The van der Waals surface area contributed by atoms with Crippen LogP contribution in [0.4, 0.5) is 5.69 Å². The smallest absolute Gasteiger partial charge is 0.265 e. The van der Waals surface area contributed by atoms with Crippen molar-refractivity contribution in [1.82, 2.24) is 0 Å². The van der Waals surface area contributed by atoms with Gasteiger partial charge >= 0.3 is 0 Å². The van der Waals surface area contributed by atoms with Crippen LogP contribution in [0.15, 0.2) is 24.3 Å². The second kappa shape index (κ2) is 6.69. The van der Waals surface area contributed by atoms with Crippen LogP contribution in [-0.4, -0.2) is 24.8 Å². The third kappa shape index (κ3) is 3.19. The highest BCUT2D eigenvalue weighted by Gasteiger charge is 2.24. The fourth-order valence-electron chi connectivity index (χ4n) is 2.13. The number of hydrogen-bond acceptors (Lipinski definition) is 3. The van der Waals surface area contributed by atoms with Gasteiger partial charge < -0.3 is 9.64 Å². The van der Waals surface area contributed by atoms with Gasteiger partial charge in [0.2, 0.25) is 0 Å². The summed E-state index contributed by atoms with van der Waals surface area (Å²) < 4.78 is 5.41. The highest BCUT2D eigenvalue weighted by molar-refractivity contribution is 7.80. The molecule has 0 saturated carbocycles. The normalized spacial score (nSPS) is 14.3. The van der Waals surface area contributed by atoms with Gasteiger partial charge in [0.15, 0.2) is 6.61 Å². The second-order valence-electron chi connectivity index (χ2n) is 4.44. The minimum atomic E-state index is 0.0582. The number of carbonyl (C=O) groups excluding carboxylic acids is 1. The summed E-state index contributed by atoms with van der Waals surface area (Å²) in [6, 6.07) is 7.73. The maximum Gasteiger partial charge on any atom is 0.265 e. The molecule has 0 aromatic heterocycles. The lowest BCUT2D eigenvalue weighted by atomic mass is 10.1. The van der Waals surface area contributed by atoms with Crippen molar-refractivity contribution >= 4 is 24.2 Å². The number of anilines is 1. The molecule has 4 heteroatoms. The maximum atomic E-state index is 11.9. The van der Waals surface area contributed by atoms with Crippen molar-refractivity contribution in [2.24, 2.45) is 0 Å². The van der Waals surface area contributed by atoms with Crippen molar-refractivity contribution in [1.29, 1.82) is 0 Å². The molecule has 0 saturated heterocycles. The molecule has 1 aliphatic heterocycles. The number of hydrogen-bond donors (Lipinski definition) is 1. The van der Waals surface area contributed by atoms with E-state index >= 15 is 0 Å². The molecule has 1 aromatic rings. The molecule has 0 aliphatic carbocycles. The molecule has 3 nitrogen and oxygen atoms in total. The van der Waals surface area contributed by atoms with E-state index in [0.29, 0.717) is 0 Å². The van der Waals surface area contributed by atoms with Gasteiger partial charge in [0.1, 0.15) is 5.75 Å². The third-order valence-corrected chi connectivity index (χ3v) is 3.41. The molecule has 1 aliphatic rings. The highest BCUT2D eigenvalue weighted by Crippen LogP contribution is 2.31. The average molecular weight is 265 g/mol. The monoisotopic (exact) mass is 265 g/mol. The summed E-state index contributed by atoms with van der Waals surface area (Å²) >= 11 is 4.19. The molecule has 1 heterocycles. The predicted molar refractivity (Wildman–Crippen MR) is 76.6 cm³/mol. The summed E-state index contributed by atoms with van der Waals surface area (Å²) in [5.41, 5.74) is 0.906. The number of rotatable bonds is 6. The lowest BCUT2D eigenvalue weighted by Crippen LogP contribution is -2.39. The topological polar surface area (TPSA) is 29.5 Å². The predicted octanol–water partition coefficient (Wildman–Crippen LogP) is 2.90. The SMILES string of the molecule is O=C1COc2ccccc2N1CCCCCCS. The summed E-state index contributed by atoms with van der Waals surface area (Å²) in [6.07, 6.45) is 4.52. The lowest BCUT2D eigenvalue weighted by molar-refractivity contribution is -0.121. The van der Waals surface area contributed by atoms with Crippen LogP contribution in [0.1, 0.15) is 25.7 Å². The maximum absolute atomic E-state index is 11.9. The van der Waals surface area contributed by atoms with E-state index in [9.17, 15) is 4.79 Å². The number of unbranched alkanes of at least 4 members (excludes halogenated alkanes) is 3. The molecule has 0 unspecified atom stereocenters. The first kappa shape index (κ1) is 13.3. The third-order valence-electron chi connectivity index (χ3n) is 3.10. The quantitative estimate of drug-likeness (QED) is 0.633. The highest BCUT2D eigenvalue weighted by atomic mass is 32.1. The van der Waals surface area contributed by atoms with E-state index in [4.69, 9.17) is 4.74 Å². The summed E-state index contributed by atoms with van der Waals surface area (Å²) in [5.74, 6) is 1.81. The van der Waals surface area contributed by atoms with Crippen molar-refractivity contribution in [3.05, 3.63) is 24.3 Å². The van der Waals surface area contributed by atoms with Gasteiger partial charge in [0.25, 0.3) is 5.91 Å². The molecule has 0 fully saturated rings. The molecular weight excluding hydrogens is 246 g/mol. The minimum absolute atomic E-state index is 0.0582. The van der Waals surface area contributed by atoms with Gasteiger partial charge in [-0.1, -0.05) is 25.0 Å². The number of carbonyl (C=O) groups is 1. The van der Waals surface area contributed by atoms with Crippen LogP contribution in [0.5, 0.6) is 5.75 Å². The van der Waals surface area contributed by atoms with Gasteiger partial charge in [-0.2, -0.15) is 12.6 Å². The van der Waals surface area contributed by atoms with E-state index in [0.717, 1.165) is 43.0 Å². The molecule has 0 atom stereocenters. The Morgan fingerprint density at radius 2 is 1.94 bits per heavy atom. The zero-order valence-electron chi connectivity index (χ0n) is 10.5. The van der Waals surface area contributed by atoms with E-state index < -0.39 is 0 Å². The van der Waals surface area contributed by atoms with Gasteiger partial charge in [0.05, 0.1) is 5.69 Å². The Morgan fingerprint density at radius 3 is 2.78 bits per heavy atom. The minimum Gasteiger partial charge on any atom is -0.482 e. The summed E-state index contributed by atoms with van der Waals surface area (Å²) in [6.45, 7) is 0.944. The van der Waals surface area contributed by atoms with Crippen LogP contribution in [0, 0.1) is 0 Å². The first-order valence-electron chi connectivity index (χ1n) is 6.46. The Kier molecular flexibility index (Phi) is 4.93. The molecular formula is C14H19NO2S. The molecule has 98 valence electrons. The lowest BCUT2D eigenvalue weighted by Gasteiger charge is -2.29. The first-order chi connectivity index (χ1) is 8.83. The van der Waals surface area contributed by atoms with Gasteiger partial charge in [-0.15, -0.1) is 0 Å². The molecule has 0 spiro atoms. The van der Waals surface area contributed by atoms with E-state index in [1.807, 2.05) is 29.2 Å². The number of ether oxygens (including phenoxy) is 1. The van der Waals surface area contributed by atoms with Gasteiger partial charge in [-0.05, 0) is 30.7 Å². The van der Waals surface area contributed by atoms with Crippen molar-refractivity contribution in [3.63, 3.8) is 0 Å². The van der Waals surface area contributed by atoms with Crippen molar-refractivity contribution in [2.45, 2.75) is 25.7 Å². The van der Waals surface area contributed by atoms with Crippen LogP contribution in [-0.2, 0) is 4.79 Å². The molecule has 2 rings (SSSR count). The van der Waals surface area contributed by atoms with Gasteiger partial charge in [-0.3, -0.25) is 4.79 Å². The Morgan fingerprint density at radius 1 is 1.17 bits per heavy atom. The summed E-state index contributed by atoms with van der Waals surface area (Å²) in [4.78, 5) is 13.7. The van der Waals surface area contributed by atoms with E-state index in [2.05, 4.69) is 12.6 Å². The number of para-hydroxylation sites is 2. The van der Waals surface area contributed by atoms with E-state index in [1.54, 1.807) is 0 Å². The largest absolute Gasteiger partial charge is 0.482 e. The molecule has 1 amide bonds. The van der Waals surface area contributed by atoms with E-state index in [-0.39, 0.29) is 12.5 Å². The first-order valence-corrected chi connectivity index (χ1v) is 7.09.